The Hall–Kier alpha value is -3.44. The number of aromatic hydroxyl groups is 1. The highest BCUT2D eigenvalue weighted by atomic mass is 16.5. The number of ether oxygens (including phenoxy) is 1. The molecule has 1 aromatic heterocycles. The molecule has 11 nitrogen and oxygen atoms in total. The minimum atomic E-state index is -1.10. The third-order valence-electron chi connectivity index (χ3n) is 3.33. The van der Waals surface area contributed by atoms with Gasteiger partial charge in [0.1, 0.15) is 11.3 Å². The summed E-state index contributed by atoms with van der Waals surface area (Å²) in [7, 11) is 0. The first-order valence-electron chi connectivity index (χ1n) is 8.37. The van der Waals surface area contributed by atoms with Crippen LogP contribution in [0.1, 0.15) is 17.3 Å². The van der Waals surface area contributed by atoms with Crippen molar-refractivity contribution in [3.8, 4) is 5.75 Å². The maximum Gasteiger partial charge on any atom is 0.343 e. The van der Waals surface area contributed by atoms with Crippen molar-refractivity contribution in [3.63, 3.8) is 0 Å². The van der Waals surface area contributed by atoms with Crippen LogP contribution in [0, 0.1) is 0 Å². The molecule has 0 saturated heterocycles. The summed E-state index contributed by atoms with van der Waals surface area (Å²) >= 11 is 0. The average molecular weight is 391 g/mol. The molecule has 11 heteroatoms. The number of urea groups is 1. The number of phenolic OH excluding ortho intramolecular Hbond substituents is 1. The Labute approximate surface area is 160 Å². The van der Waals surface area contributed by atoms with E-state index in [4.69, 9.17) is 9.84 Å². The average Bonchev–Trinajstić information content (AvgIpc) is 2.66. The summed E-state index contributed by atoms with van der Waals surface area (Å²) in [6.45, 7) is 1.14. The number of phenols is 1. The van der Waals surface area contributed by atoms with Gasteiger partial charge in [-0.05, 0) is 19.1 Å². The topological polar surface area (TPSA) is 166 Å². The molecule has 150 valence electrons. The van der Waals surface area contributed by atoms with Gasteiger partial charge in [0.25, 0.3) is 0 Å². The zero-order chi connectivity index (χ0) is 20.5. The number of aliphatic hydroxyl groups excluding tert-OH is 2. The lowest BCUT2D eigenvalue weighted by atomic mass is 10.2. The maximum atomic E-state index is 12.1. The molecular weight excluding hydrogens is 370 g/mol. The van der Waals surface area contributed by atoms with Gasteiger partial charge < -0.3 is 30.7 Å². The van der Waals surface area contributed by atoms with Gasteiger partial charge >= 0.3 is 12.0 Å². The van der Waals surface area contributed by atoms with Crippen molar-refractivity contribution in [1.82, 2.24) is 15.3 Å². The summed E-state index contributed by atoms with van der Waals surface area (Å²) in [5, 5.41) is 35.1. The van der Waals surface area contributed by atoms with Crippen LogP contribution in [0.4, 0.5) is 22.2 Å². The Kier molecular flexibility index (Phi) is 7.48. The van der Waals surface area contributed by atoms with Crippen molar-refractivity contribution in [2.75, 3.05) is 30.4 Å². The summed E-state index contributed by atoms with van der Waals surface area (Å²) in [6.07, 6.45) is 0.0924. The van der Waals surface area contributed by atoms with Crippen LogP contribution >= 0.6 is 0 Å². The van der Waals surface area contributed by atoms with E-state index in [-0.39, 0.29) is 36.2 Å². The van der Waals surface area contributed by atoms with Gasteiger partial charge in [-0.1, -0.05) is 6.07 Å². The van der Waals surface area contributed by atoms with Crippen molar-refractivity contribution >= 4 is 29.5 Å². The van der Waals surface area contributed by atoms with Crippen molar-refractivity contribution in [3.05, 3.63) is 36.0 Å². The molecule has 1 atom stereocenters. The summed E-state index contributed by atoms with van der Waals surface area (Å²) in [6, 6.07) is 5.44. The van der Waals surface area contributed by atoms with Gasteiger partial charge in [-0.2, -0.15) is 4.98 Å². The zero-order valence-corrected chi connectivity index (χ0v) is 15.0. The molecule has 0 spiro atoms. The minimum absolute atomic E-state index is 0.0110. The number of nitrogens with one attached hydrogen (secondary N) is 3. The molecule has 0 saturated carbocycles. The molecule has 28 heavy (non-hydrogen) atoms. The van der Waals surface area contributed by atoms with Gasteiger partial charge in [-0.25, -0.2) is 14.6 Å². The van der Waals surface area contributed by atoms with Crippen LogP contribution in [0.3, 0.4) is 0 Å². The molecule has 0 bridgehead atoms. The van der Waals surface area contributed by atoms with E-state index in [2.05, 4.69) is 25.9 Å². The third kappa shape index (κ3) is 6.07. The van der Waals surface area contributed by atoms with Crippen LogP contribution in [0.25, 0.3) is 0 Å². The van der Waals surface area contributed by atoms with Crippen molar-refractivity contribution in [1.29, 1.82) is 0 Å². The molecule has 0 fully saturated rings. The monoisotopic (exact) mass is 391 g/mol. The SMILES string of the molecule is CCOC(=O)c1cnc(NC(=O)NCC(O)CO)nc1Nc1cccc(O)c1. The highest BCUT2D eigenvalue weighted by molar-refractivity contribution is 5.96. The summed E-state index contributed by atoms with van der Waals surface area (Å²) in [4.78, 5) is 32.0. The summed E-state index contributed by atoms with van der Waals surface area (Å²) in [5.41, 5.74) is 0.484. The van der Waals surface area contributed by atoms with E-state index in [9.17, 15) is 19.8 Å². The first kappa shape index (κ1) is 20.9. The van der Waals surface area contributed by atoms with E-state index < -0.39 is 24.7 Å². The smallest absolute Gasteiger partial charge is 0.343 e. The molecule has 0 radical (unpaired) electrons. The molecule has 2 aromatic rings. The van der Waals surface area contributed by atoms with Crippen molar-refractivity contribution in [2.24, 2.45) is 0 Å². The van der Waals surface area contributed by atoms with Crippen LogP contribution < -0.4 is 16.0 Å². The van der Waals surface area contributed by atoms with E-state index in [1.807, 2.05) is 0 Å². The summed E-state index contributed by atoms with van der Waals surface area (Å²) < 4.78 is 4.97. The summed E-state index contributed by atoms with van der Waals surface area (Å²) in [5.74, 6) is -0.708. The molecule has 0 aliphatic carbocycles. The first-order chi connectivity index (χ1) is 13.4. The van der Waals surface area contributed by atoms with Gasteiger partial charge in [0.05, 0.1) is 19.3 Å². The molecule has 0 aliphatic heterocycles. The number of hydrogen-bond donors (Lipinski definition) is 6. The fourth-order valence-corrected chi connectivity index (χ4v) is 2.04. The Morgan fingerprint density at radius 2 is 2.11 bits per heavy atom. The van der Waals surface area contributed by atoms with Crippen LogP contribution in [0.5, 0.6) is 5.75 Å². The van der Waals surface area contributed by atoms with Crippen molar-refractivity contribution < 1.29 is 29.6 Å². The number of aromatic nitrogens is 2. The van der Waals surface area contributed by atoms with Gasteiger partial charge in [-0.15, -0.1) is 0 Å². The highest BCUT2D eigenvalue weighted by Crippen LogP contribution is 2.23. The van der Waals surface area contributed by atoms with Crippen molar-refractivity contribution in [2.45, 2.75) is 13.0 Å². The Bertz CT molecular complexity index is 831. The molecule has 2 amide bonds. The van der Waals surface area contributed by atoms with Crippen LogP contribution in [-0.2, 0) is 4.74 Å². The normalized spacial score (nSPS) is 11.4. The number of esters is 1. The molecule has 1 heterocycles. The number of aliphatic hydroxyl groups is 2. The van der Waals surface area contributed by atoms with Gasteiger partial charge in [0, 0.05) is 24.5 Å². The highest BCUT2D eigenvalue weighted by Gasteiger charge is 2.17. The van der Waals surface area contributed by atoms with Gasteiger partial charge in [0.2, 0.25) is 5.95 Å². The first-order valence-corrected chi connectivity index (χ1v) is 8.37. The Balaban J connectivity index is 2.22. The molecular formula is C17H21N5O6. The predicted molar refractivity (Wildman–Crippen MR) is 99.5 cm³/mol. The molecule has 1 unspecified atom stereocenters. The number of amides is 2. The number of rotatable bonds is 8. The second-order valence-electron chi connectivity index (χ2n) is 5.52. The lowest BCUT2D eigenvalue weighted by Crippen LogP contribution is -2.37. The second-order valence-corrected chi connectivity index (χ2v) is 5.52. The van der Waals surface area contributed by atoms with E-state index >= 15 is 0 Å². The standard InChI is InChI=1S/C17H21N5O6/c1-2-28-15(26)13-8-18-16(22-17(27)19-7-12(25)9-23)21-14(13)20-10-4-3-5-11(24)6-10/h3-6,8,12,23-25H,2,7,9H2,1H3,(H3,18,19,20,21,22,27). The van der Waals surface area contributed by atoms with E-state index in [0.29, 0.717) is 5.69 Å². The lowest BCUT2D eigenvalue weighted by Gasteiger charge is -2.13. The number of carbonyl (C=O) groups excluding carboxylic acids is 2. The molecule has 1 aromatic carbocycles. The van der Waals surface area contributed by atoms with Crippen LogP contribution in [0.15, 0.2) is 30.5 Å². The molecule has 0 aliphatic rings. The van der Waals surface area contributed by atoms with Gasteiger partial charge in [0.15, 0.2) is 5.82 Å². The number of anilines is 3. The third-order valence-corrected chi connectivity index (χ3v) is 3.33. The zero-order valence-electron chi connectivity index (χ0n) is 15.0. The Morgan fingerprint density at radius 1 is 1.32 bits per heavy atom. The predicted octanol–water partition coefficient (Wildman–Crippen LogP) is 0.577. The van der Waals surface area contributed by atoms with E-state index in [0.717, 1.165) is 0 Å². The maximum absolute atomic E-state index is 12.1. The number of hydrogen-bond acceptors (Lipinski definition) is 9. The number of benzene rings is 1. The Morgan fingerprint density at radius 3 is 2.79 bits per heavy atom. The second kappa shape index (κ2) is 10.0. The van der Waals surface area contributed by atoms with Gasteiger partial charge in [-0.3, -0.25) is 5.32 Å². The largest absolute Gasteiger partial charge is 0.508 e. The lowest BCUT2D eigenvalue weighted by molar-refractivity contribution is 0.0526. The fourth-order valence-electron chi connectivity index (χ4n) is 2.04. The van der Waals surface area contributed by atoms with E-state index in [1.165, 1.54) is 18.3 Å². The number of carbonyl (C=O) groups is 2. The molecule has 6 N–H and O–H groups in total. The number of nitrogens with zero attached hydrogens (tertiary/aromatic N) is 2. The van der Waals surface area contributed by atoms with Crippen LogP contribution in [0.2, 0.25) is 0 Å². The van der Waals surface area contributed by atoms with Crippen LogP contribution in [-0.4, -0.2) is 63.2 Å². The quantitative estimate of drug-likeness (QED) is 0.353. The fraction of sp³-hybridized carbons (Fsp3) is 0.294. The van der Waals surface area contributed by atoms with E-state index in [1.54, 1.807) is 19.1 Å². The molecule has 2 rings (SSSR count). The minimum Gasteiger partial charge on any atom is -0.508 e.